The van der Waals surface area contributed by atoms with Gasteiger partial charge in [0.2, 0.25) is 0 Å². The highest BCUT2D eigenvalue weighted by atomic mass is 16.5. The fourth-order valence-electron chi connectivity index (χ4n) is 4.19. The number of ether oxygens (including phenoxy) is 1. The normalized spacial score (nSPS) is 12.2. The molecule has 0 fully saturated rings. The molecule has 2 aromatic carbocycles. The summed E-state index contributed by atoms with van der Waals surface area (Å²) < 4.78 is 5.29. The third kappa shape index (κ3) is 6.76. The van der Waals surface area contributed by atoms with Crippen LogP contribution >= 0.6 is 0 Å². The number of fused-ring (bicyclic) bond motifs is 1. The Morgan fingerprint density at radius 3 is 2.62 bits per heavy atom. The smallest absolute Gasteiger partial charge is 0.200 e. The van der Waals surface area contributed by atoms with Gasteiger partial charge in [-0.1, -0.05) is 38.1 Å². The number of aromatic nitrogens is 2. The van der Waals surface area contributed by atoms with Crippen LogP contribution in [0.4, 0.5) is 5.82 Å². The molecule has 0 aliphatic carbocycles. The second-order valence-corrected chi connectivity index (χ2v) is 8.86. The van der Waals surface area contributed by atoms with E-state index in [-0.39, 0.29) is 17.6 Å². The number of Topliss-reactive ketones (excluding diaryl/α,β-unsaturated/α-hetero) is 1. The Hall–Kier alpha value is -2.99. The molecule has 0 amide bonds. The SMILES string of the molecule is CCN(CC)CCCC(C)Nc1nc(C(=O)CCc2cccc(OC)c2)nc2c(C)cccc12. The molecule has 6 heteroatoms. The van der Waals surface area contributed by atoms with Gasteiger partial charge in [-0.3, -0.25) is 4.79 Å². The highest BCUT2D eigenvalue weighted by Crippen LogP contribution is 2.25. The van der Waals surface area contributed by atoms with E-state index in [1.165, 1.54) is 0 Å². The molecule has 0 aliphatic heterocycles. The van der Waals surface area contributed by atoms with Crippen molar-refractivity contribution in [1.82, 2.24) is 14.9 Å². The summed E-state index contributed by atoms with van der Waals surface area (Å²) in [4.78, 5) is 24.9. The summed E-state index contributed by atoms with van der Waals surface area (Å²) in [5, 5.41) is 4.53. The van der Waals surface area contributed by atoms with Crippen LogP contribution in [0.15, 0.2) is 42.5 Å². The van der Waals surface area contributed by atoms with E-state index in [2.05, 4.69) is 36.0 Å². The van der Waals surface area contributed by atoms with Crippen LogP contribution in [0.3, 0.4) is 0 Å². The van der Waals surface area contributed by atoms with E-state index in [1.54, 1.807) is 7.11 Å². The van der Waals surface area contributed by atoms with Gasteiger partial charge in [0.05, 0.1) is 12.6 Å². The zero-order valence-corrected chi connectivity index (χ0v) is 21.2. The van der Waals surface area contributed by atoms with Crippen LogP contribution in [-0.2, 0) is 6.42 Å². The second-order valence-electron chi connectivity index (χ2n) is 8.86. The zero-order valence-electron chi connectivity index (χ0n) is 21.2. The van der Waals surface area contributed by atoms with Crippen LogP contribution in [-0.4, -0.2) is 53.4 Å². The number of benzene rings is 2. The molecule has 1 unspecified atom stereocenters. The molecule has 1 heterocycles. The molecule has 6 nitrogen and oxygen atoms in total. The van der Waals surface area contributed by atoms with Gasteiger partial charge in [-0.05, 0) is 82.1 Å². The number of nitrogens with one attached hydrogen (secondary N) is 1. The number of para-hydroxylation sites is 1. The summed E-state index contributed by atoms with van der Waals surface area (Å²) in [5.74, 6) is 1.77. The predicted octanol–water partition coefficient (Wildman–Crippen LogP) is 5.68. The van der Waals surface area contributed by atoms with Crippen molar-refractivity contribution in [2.24, 2.45) is 0 Å². The number of hydrogen-bond acceptors (Lipinski definition) is 6. The largest absolute Gasteiger partial charge is 0.497 e. The Kier molecular flexibility index (Phi) is 9.40. The van der Waals surface area contributed by atoms with E-state index in [4.69, 9.17) is 9.72 Å². The molecule has 182 valence electrons. The minimum Gasteiger partial charge on any atom is -0.497 e. The second kappa shape index (κ2) is 12.5. The van der Waals surface area contributed by atoms with Crippen molar-refractivity contribution in [2.75, 3.05) is 32.1 Å². The Balaban J connectivity index is 1.76. The monoisotopic (exact) mass is 462 g/mol. The van der Waals surface area contributed by atoms with Crippen LogP contribution in [0.2, 0.25) is 0 Å². The molecule has 0 aliphatic rings. The fraction of sp³-hybridized carbons (Fsp3) is 0.464. The Bertz CT molecular complexity index is 1090. The minimum absolute atomic E-state index is 0.0507. The maximum Gasteiger partial charge on any atom is 0.200 e. The molecule has 3 aromatic rings. The fourth-order valence-corrected chi connectivity index (χ4v) is 4.19. The molecule has 3 rings (SSSR count). The first-order chi connectivity index (χ1) is 16.4. The number of carbonyl (C=O) groups excluding carboxylic acids is 1. The zero-order chi connectivity index (χ0) is 24.5. The van der Waals surface area contributed by atoms with Crippen molar-refractivity contribution in [2.45, 2.75) is 59.4 Å². The lowest BCUT2D eigenvalue weighted by Gasteiger charge is -2.20. The molecule has 0 saturated carbocycles. The van der Waals surface area contributed by atoms with Gasteiger partial charge in [-0.25, -0.2) is 9.97 Å². The number of carbonyl (C=O) groups is 1. The number of hydrogen-bond donors (Lipinski definition) is 1. The summed E-state index contributed by atoms with van der Waals surface area (Å²) in [7, 11) is 1.65. The number of anilines is 1. The molecule has 0 spiro atoms. The van der Waals surface area contributed by atoms with Gasteiger partial charge in [-0.15, -0.1) is 0 Å². The lowest BCUT2D eigenvalue weighted by molar-refractivity contribution is 0.0973. The van der Waals surface area contributed by atoms with Gasteiger partial charge in [0.1, 0.15) is 11.6 Å². The number of nitrogens with zero attached hydrogens (tertiary/aromatic N) is 3. The predicted molar refractivity (Wildman–Crippen MR) is 140 cm³/mol. The maximum atomic E-state index is 13.1. The third-order valence-electron chi connectivity index (χ3n) is 6.34. The topological polar surface area (TPSA) is 67.4 Å². The first-order valence-corrected chi connectivity index (χ1v) is 12.4. The standard InChI is InChI=1S/C28H38N4O2/c1-6-32(7-2)18-10-12-21(4)29-27-24-15-8-11-20(3)26(24)30-28(31-27)25(33)17-16-22-13-9-14-23(19-22)34-5/h8-9,11,13-15,19,21H,6-7,10,12,16-18H2,1-5H3,(H,29,30,31). The first-order valence-electron chi connectivity index (χ1n) is 12.4. The summed E-state index contributed by atoms with van der Waals surface area (Å²) >= 11 is 0. The summed E-state index contributed by atoms with van der Waals surface area (Å²) in [6.45, 7) is 11.9. The van der Waals surface area contributed by atoms with Gasteiger partial charge in [0, 0.05) is 17.8 Å². The third-order valence-corrected chi connectivity index (χ3v) is 6.34. The number of rotatable bonds is 13. The van der Waals surface area contributed by atoms with Gasteiger partial charge < -0.3 is 15.0 Å². The van der Waals surface area contributed by atoms with Gasteiger partial charge in [0.25, 0.3) is 0 Å². The van der Waals surface area contributed by atoms with Gasteiger partial charge in [0.15, 0.2) is 11.6 Å². The van der Waals surface area contributed by atoms with Crippen molar-refractivity contribution >= 4 is 22.5 Å². The molecule has 0 bridgehead atoms. The van der Waals surface area contributed by atoms with Crippen molar-refractivity contribution in [3.05, 3.63) is 59.4 Å². The maximum absolute atomic E-state index is 13.1. The van der Waals surface area contributed by atoms with E-state index >= 15 is 0 Å². The quantitative estimate of drug-likeness (QED) is 0.329. The molecule has 1 atom stereocenters. The van der Waals surface area contributed by atoms with Crippen molar-refractivity contribution in [1.29, 1.82) is 0 Å². The Morgan fingerprint density at radius 1 is 1.12 bits per heavy atom. The summed E-state index contributed by atoms with van der Waals surface area (Å²) in [5.41, 5.74) is 2.93. The first kappa shape index (κ1) is 25.6. The number of methoxy groups -OCH3 is 1. The van der Waals surface area contributed by atoms with Crippen molar-refractivity contribution in [3.63, 3.8) is 0 Å². The van der Waals surface area contributed by atoms with Crippen LogP contribution in [0.1, 0.15) is 61.8 Å². The highest BCUT2D eigenvalue weighted by molar-refractivity contribution is 5.98. The average Bonchev–Trinajstić information content (AvgIpc) is 2.85. The molecule has 34 heavy (non-hydrogen) atoms. The summed E-state index contributed by atoms with van der Waals surface area (Å²) in [6.07, 6.45) is 3.12. The van der Waals surface area contributed by atoms with E-state index in [9.17, 15) is 4.79 Å². The van der Waals surface area contributed by atoms with E-state index in [0.29, 0.717) is 12.8 Å². The Morgan fingerprint density at radius 2 is 1.88 bits per heavy atom. The lowest BCUT2D eigenvalue weighted by Crippen LogP contribution is -2.26. The van der Waals surface area contributed by atoms with Gasteiger partial charge in [-0.2, -0.15) is 0 Å². The number of aryl methyl sites for hydroxylation is 2. The van der Waals surface area contributed by atoms with E-state index < -0.39 is 0 Å². The lowest BCUT2D eigenvalue weighted by atomic mass is 10.1. The molecule has 0 saturated heterocycles. The molecule has 1 aromatic heterocycles. The van der Waals surface area contributed by atoms with Crippen LogP contribution in [0.25, 0.3) is 10.9 Å². The average molecular weight is 463 g/mol. The van der Waals surface area contributed by atoms with E-state index in [1.807, 2.05) is 49.4 Å². The number of ketones is 1. The van der Waals surface area contributed by atoms with Crippen molar-refractivity contribution < 1.29 is 9.53 Å². The summed E-state index contributed by atoms with van der Waals surface area (Å²) in [6, 6.07) is 14.1. The molecule has 0 radical (unpaired) electrons. The van der Waals surface area contributed by atoms with E-state index in [0.717, 1.165) is 66.1 Å². The van der Waals surface area contributed by atoms with Crippen LogP contribution < -0.4 is 10.1 Å². The van der Waals surface area contributed by atoms with Gasteiger partial charge >= 0.3 is 0 Å². The van der Waals surface area contributed by atoms with Crippen LogP contribution in [0, 0.1) is 6.92 Å². The minimum atomic E-state index is -0.0507. The molecular weight excluding hydrogens is 424 g/mol. The molecular formula is C28H38N4O2. The highest BCUT2D eigenvalue weighted by Gasteiger charge is 2.17. The van der Waals surface area contributed by atoms with Crippen LogP contribution in [0.5, 0.6) is 5.75 Å². The molecule has 1 N–H and O–H groups in total. The Labute approximate surface area is 203 Å². The van der Waals surface area contributed by atoms with Crippen molar-refractivity contribution in [3.8, 4) is 5.75 Å².